The van der Waals surface area contributed by atoms with E-state index in [0.29, 0.717) is 5.75 Å². The number of phenolic OH excluding ortho intramolecular Hbond substituents is 1. The number of fused-ring (bicyclic) bond motifs is 1. The van der Waals surface area contributed by atoms with Crippen LogP contribution in [0, 0.1) is 0 Å². The lowest BCUT2D eigenvalue weighted by molar-refractivity contribution is 0.462. The highest BCUT2D eigenvalue weighted by Crippen LogP contribution is 2.35. The first-order chi connectivity index (χ1) is 6.74. The van der Waals surface area contributed by atoms with Crippen LogP contribution in [0.5, 0.6) is 5.75 Å². The lowest BCUT2D eigenvalue weighted by atomic mass is 9.84. The Labute approximate surface area is 84.7 Å². The van der Waals surface area contributed by atoms with Crippen molar-refractivity contribution in [3.05, 3.63) is 28.8 Å². The number of hydrogen-bond donors (Lipinski definition) is 2. The van der Waals surface area contributed by atoms with Crippen molar-refractivity contribution < 1.29 is 5.11 Å². The molecule has 1 aliphatic carbocycles. The van der Waals surface area contributed by atoms with Gasteiger partial charge in [0.15, 0.2) is 0 Å². The van der Waals surface area contributed by atoms with E-state index < -0.39 is 0 Å². The quantitative estimate of drug-likeness (QED) is 0.715. The van der Waals surface area contributed by atoms with Gasteiger partial charge in [0.1, 0.15) is 5.75 Å². The van der Waals surface area contributed by atoms with E-state index in [4.69, 9.17) is 5.73 Å². The van der Waals surface area contributed by atoms with Crippen LogP contribution >= 0.6 is 0 Å². The molecule has 3 N–H and O–H groups in total. The van der Waals surface area contributed by atoms with Crippen LogP contribution in [-0.2, 0) is 12.8 Å². The van der Waals surface area contributed by atoms with Crippen LogP contribution in [0.15, 0.2) is 12.1 Å². The molecule has 0 bridgehead atoms. The summed E-state index contributed by atoms with van der Waals surface area (Å²) in [6.45, 7) is 2.07. The maximum atomic E-state index is 9.73. The number of nitrogens with two attached hydrogens (primary N) is 1. The van der Waals surface area contributed by atoms with Crippen molar-refractivity contribution in [2.24, 2.45) is 5.73 Å². The van der Waals surface area contributed by atoms with Gasteiger partial charge >= 0.3 is 0 Å². The second kappa shape index (κ2) is 3.62. The molecular formula is C12H17NO. The highest BCUT2D eigenvalue weighted by Gasteiger charge is 2.21. The Morgan fingerprint density at radius 2 is 2.29 bits per heavy atom. The summed E-state index contributed by atoms with van der Waals surface area (Å²) >= 11 is 0. The highest BCUT2D eigenvalue weighted by atomic mass is 16.3. The summed E-state index contributed by atoms with van der Waals surface area (Å²) in [7, 11) is 0. The number of benzene rings is 1. The number of aromatic hydroxyl groups is 1. The van der Waals surface area contributed by atoms with Gasteiger partial charge in [-0.25, -0.2) is 0 Å². The van der Waals surface area contributed by atoms with E-state index in [-0.39, 0.29) is 6.04 Å². The van der Waals surface area contributed by atoms with Crippen molar-refractivity contribution in [2.75, 3.05) is 0 Å². The number of rotatable bonds is 1. The predicted octanol–water partition coefficient (Wildman–Crippen LogP) is 2.29. The zero-order chi connectivity index (χ0) is 10.1. The third-order valence-electron chi connectivity index (χ3n) is 3.11. The number of aryl methyl sites for hydroxylation is 1. The molecule has 14 heavy (non-hydrogen) atoms. The van der Waals surface area contributed by atoms with Gasteiger partial charge < -0.3 is 10.8 Å². The van der Waals surface area contributed by atoms with E-state index in [1.807, 2.05) is 6.07 Å². The molecule has 0 aliphatic heterocycles. The van der Waals surface area contributed by atoms with Gasteiger partial charge in [0, 0.05) is 6.04 Å². The van der Waals surface area contributed by atoms with Crippen molar-refractivity contribution in [1.82, 2.24) is 0 Å². The van der Waals surface area contributed by atoms with Gasteiger partial charge in [-0.1, -0.05) is 13.0 Å². The summed E-state index contributed by atoms with van der Waals surface area (Å²) in [5.41, 5.74) is 9.67. The molecule has 0 radical (unpaired) electrons. The molecule has 0 fully saturated rings. The second-order valence-corrected chi connectivity index (χ2v) is 3.99. The molecule has 0 aromatic heterocycles. The third-order valence-corrected chi connectivity index (χ3v) is 3.11. The Morgan fingerprint density at radius 1 is 1.50 bits per heavy atom. The summed E-state index contributed by atoms with van der Waals surface area (Å²) in [6.07, 6.45) is 4.19. The summed E-state index contributed by atoms with van der Waals surface area (Å²) in [4.78, 5) is 0. The van der Waals surface area contributed by atoms with Crippen molar-refractivity contribution >= 4 is 0 Å². The Morgan fingerprint density at radius 3 is 3.00 bits per heavy atom. The van der Waals surface area contributed by atoms with Crippen molar-refractivity contribution in [1.29, 1.82) is 0 Å². The van der Waals surface area contributed by atoms with Crippen molar-refractivity contribution in [3.8, 4) is 5.75 Å². The first-order valence-electron chi connectivity index (χ1n) is 5.33. The Bertz CT molecular complexity index is 346. The molecule has 1 unspecified atom stereocenters. The SMILES string of the molecule is CCc1c(O)ccc2c1C(N)CCC2. The minimum atomic E-state index is 0.126. The summed E-state index contributed by atoms with van der Waals surface area (Å²) < 4.78 is 0. The molecule has 2 nitrogen and oxygen atoms in total. The fourth-order valence-electron chi connectivity index (χ4n) is 2.41. The average molecular weight is 191 g/mol. The number of phenols is 1. The summed E-state index contributed by atoms with van der Waals surface area (Å²) in [5, 5.41) is 9.73. The maximum absolute atomic E-state index is 9.73. The average Bonchev–Trinajstić information content (AvgIpc) is 2.19. The summed E-state index contributed by atoms with van der Waals surface area (Å²) in [5.74, 6) is 0.406. The first-order valence-corrected chi connectivity index (χ1v) is 5.33. The molecule has 1 aromatic carbocycles. The summed E-state index contributed by atoms with van der Waals surface area (Å²) in [6, 6.07) is 3.94. The zero-order valence-electron chi connectivity index (χ0n) is 8.59. The maximum Gasteiger partial charge on any atom is 0.119 e. The lowest BCUT2D eigenvalue weighted by Gasteiger charge is -2.25. The molecule has 0 amide bonds. The molecule has 0 heterocycles. The van der Waals surface area contributed by atoms with Crippen LogP contribution in [0.25, 0.3) is 0 Å². The zero-order valence-corrected chi connectivity index (χ0v) is 8.59. The molecule has 76 valence electrons. The van der Waals surface area contributed by atoms with Gasteiger partial charge in [-0.05, 0) is 48.4 Å². The van der Waals surface area contributed by atoms with Crippen LogP contribution in [0.2, 0.25) is 0 Å². The largest absolute Gasteiger partial charge is 0.508 e. The minimum absolute atomic E-state index is 0.126. The third kappa shape index (κ3) is 1.40. The minimum Gasteiger partial charge on any atom is -0.508 e. The molecule has 0 saturated heterocycles. The van der Waals surface area contributed by atoms with Gasteiger partial charge in [-0.2, -0.15) is 0 Å². The van der Waals surface area contributed by atoms with Crippen LogP contribution in [0.3, 0.4) is 0 Å². The molecule has 1 aliphatic rings. The van der Waals surface area contributed by atoms with E-state index >= 15 is 0 Å². The van der Waals surface area contributed by atoms with E-state index in [1.165, 1.54) is 17.5 Å². The molecule has 1 atom stereocenters. The Kier molecular flexibility index (Phi) is 2.46. The molecule has 0 saturated carbocycles. The standard InChI is InChI=1S/C12H17NO/c1-2-9-11(14)7-6-8-4-3-5-10(13)12(8)9/h6-7,10,14H,2-5,13H2,1H3. The molecule has 2 rings (SSSR count). The monoisotopic (exact) mass is 191 g/mol. The van der Waals surface area contributed by atoms with Gasteiger partial charge in [0.2, 0.25) is 0 Å². The van der Waals surface area contributed by atoms with E-state index in [1.54, 1.807) is 6.07 Å². The van der Waals surface area contributed by atoms with Crippen LogP contribution in [0.4, 0.5) is 0 Å². The first kappa shape index (κ1) is 9.53. The topological polar surface area (TPSA) is 46.2 Å². The molecule has 2 heteroatoms. The Hall–Kier alpha value is -1.02. The van der Waals surface area contributed by atoms with Crippen molar-refractivity contribution in [3.63, 3.8) is 0 Å². The van der Waals surface area contributed by atoms with Gasteiger partial charge in [-0.15, -0.1) is 0 Å². The fourth-order valence-corrected chi connectivity index (χ4v) is 2.41. The van der Waals surface area contributed by atoms with Crippen molar-refractivity contribution in [2.45, 2.75) is 38.6 Å². The number of hydrogen-bond acceptors (Lipinski definition) is 2. The molecular weight excluding hydrogens is 174 g/mol. The van der Waals surface area contributed by atoms with E-state index in [2.05, 4.69) is 6.92 Å². The fraction of sp³-hybridized carbons (Fsp3) is 0.500. The van der Waals surface area contributed by atoms with Crippen LogP contribution in [0.1, 0.15) is 42.5 Å². The smallest absolute Gasteiger partial charge is 0.119 e. The van der Waals surface area contributed by atoms with Crippen LogP contribution in [-0.4, -0.2) is 5.11 Å². The molecule has 1 aromatic rings. The van der Waals surface area contributed by atoms with E-state index in [9.17, 15) is 5.11 Å². The van der Waals surface area contributed by atoms with Gasteiger partial charge in [-0.3, -0.25) is 0 Å². The van der Waals surface area contributed by atoms with Gasteiger partial charge in [0.05, 0.1) is 0 Å². The normalized spacial score (nSPS) is 20.6. The predicted molar refractivity (Wildman–Crippen MR) is 57.4 cm³/mol. The highest BCUT2D eigenvalue weighted by molar-refractivity contribution is 5.47. The van der Waals surface area contributed by atoms with Crippen LogP contribution < -0.4 is 5.73 Å². The molecule has 0 spiro atoms. The Balaban J connectivity index is 2.57. The second-order valence-electron chi connectivity index (χ2n) is 3.99. The van der Waals surface area contributed by atoms with E-state index in [0.717, 1.165) is 24.8 Å². The lowest BCUT2D eigenvalue weighted by Crippen LogP contribution is -2.19. The van der Waals surface area contributed by atoms with Gasteiger partial charge in [0.25, 0.3) is 0 Å².